The van der Waals surface area contributed by atoms with Crippen LogP contribution in [0.3, 0.4) is 0 Å². The molecule has 0 aliphatic carbocycles. The van der Waals surface area contributed by atoms with Crippen LogP contribution in [0.5, 0.6) is 5.75 Å². The lowest BCUT2D eigenvalue weighted by Crippen LogP contribution is -2.37. The normalized spacial score (nSPS) is 15.2. The van der Waals surface area contributed by atoms with Crippen LogP contribution in [-0.4, -0.2) is 42.5 Å². The average Bonchev–Trinajstić information content (AvgIpc) is 3.22. The van der Waals surface area contributed by atoms with Crippen molar-refractivity contribution >= 4 is 11.6 Å². The number of rotatable bonds is 7. The first-order valence-corrected chi connectivity index (χ1v) is 9.41. The minimum Gasteiger partial charge on any atom is -0.496 e. The Labute approximate surface area is 164 Å². The fourth-order valence-corrected chi connectivity index (χ4v) is 3.72. The molecule has 1 amide bonds. The van der Waals surface area contributed by atoms with Gasteiger partial charge in [-0.25, -0.2) is 0 Å². The molecule has 28 heavy (non-hydrogen) atoms. The molecule has 1 aliphatic rings. The molecule has 7 nitrogen and oxygen atoms in total. The van der Waals surface area contributed by atoms with Gasteiger partial charge >= 0.3 is 0 Å². The number of amides is 1. The second-order valence-electron chi connectivity index (χ2n) is 6.97. The summed E-state index contributed by atoms with van der Waals surface area (Å²) >= 11 is 0. The Morgan fingerprint density at radius 3 is 2.61 bits per heavy atom. The average molecular weight is 383 g/mol. The highest BCUT2D eigenvalue weighted by Gasteiger charge is 2.26. The number of nitrogens with one attached hydrogen (secondary N) is 1. The van der Waals surface area contributed by atoms with Crippen LogP contribution in [0.1, 0.15) is 40.4 Å². The van der Waals surface area contributed by atoms with E-state index in [4.69, 9.17) is 4.74 Å². The molecule has 1 N–H and O–H groups in total. The fraction of sp³-hybridized carbons (Fsp3) is 0.381. The number of likely N-dealkylation sites (tertiary alicyclic amines) is 1. The van der Waals surface area contributed by atoms with E-state index in [1.165, 1.54) is 12.1 Å². The number of aryl methyl sites for hydroxylation is 1. The number of carbonyl (C=O) groups excluding carboxylic acids is 1. The predicted molar refractivity (Wildman–Crippen MR) is 107 cm³/mol. The maximum Gasteiger partial charge on any atom is 0.272 e. The van der Waals surface area contributed by atoms with Crippen molar-refractivity contribution in [1.82, 2.24) is 10.2 Å². The Kier molecular flexibility index (Phi) is 6.26. The lowest BCUT2D eigenvalue weighted by Gasteiger charge is -2.29. The minimum absolute atomic E-state index is 0.0144. The van der Waals surface area contributed by atoms with Gasteiger partial charge in [0.1, 0.15) is 5.75 Å². The van der Waals surface area contributed by atoms with Crippen LogP contribution in [0.2, 0.25) is 0 Å². The molecule has 0 saturated carbocycles. The molecule has 148 valence electrons. The summed E-state index contributed by atoms with van der Waals surface area (Å²) in [7, 11) is 1.65. The van der Waals surface area contributed by atoms with Gasteiger partial charge in [0.15, 0.2) is 0 Å². The highest BCUT2D eigenvalue weighted by atomic mass is 16.6. The lowest BCUT2D eigenvalue weighted by atomic mass is 10.0. The Hall–Kier alpha value is -2.93. The first-order chi connectivity index (χ1) is 13.5. The number of benzene rings is 2. The van der Waals surface area contributed by atoms with Gasteiger partial charge in [0, 0.05) is 29.3 Å². The Bertz CT molecular complexity index is 862. The summed E-state index contributed by atoms with van der Waals surface area (Å²) in [5.41, 5.74) is 1.95. The van der Waals surface area contributed by atoms with Crippen LogP contribution in [0.4, 0.5) is 5.69 Å². The molecular weight excluding hydrogens is 358 g/mol. The quantitative estimate of drug-likeness (QED) is 0.584. The van der Waals surface area contributed by atoms with E-state index in [0.717, 1.165) is 37.2 Å². The molecule has 2 aromatic rings. The highest BCUT2D eigenvalue weighted by Crippen LogP contribution is 2.31. The molecule has 7 heteroatoms. The molecule has 1 fully saturated rings. The van der Waals surface area contributed by atoms with Crippen LogP contribution >= 0.6 is 0 Å². The molecule has 1 saturated heterocycles. The number of nitro groups is 1. The van der Waals surface area contributed by atoms with E-state index in [1.807, 2.05) is 24.3 Å². The standard InChI is InChI=1S/C21H25N3O4/c1-15-13-16(9-10-18(15)24(26)27)21(25)22-14-19(23-11-5-6-12-23)17-7-3-4-8-20(17)28-2/h3-4,7-10,13,19H,5-6,11-12,14H2,1-2H3,(H,22,25). The van der Waals surface area contributed by atoms with E-state index >= 15 is 0 Å². The maximum atomic E-state index is 12.7. The SMILES string of the molecule is COc1ccccc1C(CNC(=O)c1ccc([N+](=O)[O-])c(C)c1)N1CCCC1. The van der Waals surface area contributed by atoms with Crippen LogP contribution in [0.25, 0.3) is 0 Å². The molecule has 0 aromatic heterocycles. The zero-order valence-corrected chi connectivity index (χ0v) is 16.2. The number of nitrogens with zero attached hydrogens (tertiary/aromatic N) is 2. The first-order valence-electron chi connectivity index (χ1n) is 9.41. The molecule has 0 spiro atoms. The molecule has 0 radical (unpaired) electrons. The van der Waals surface area contributed by atoms with Crippen molar-refractivity contribution in [3.8, 4) is 5.75 Å². The van der Waals surface area contributed by atoms with E-state index < -0.39 is 4.92 Å². The number of para-hydroxylation sites is 1. The second kappa shape index (κ2) is 8.84. The van der Waals surface area contributed by atoms with Crippen LogP contribution in [0.15, 0.2) is 42.5 Å². The van der Waals surface area contributed by atoms with Crippen LogP contribution < -0.4 is 10.1 Å². The van der Waals surface area contributed by atoms with Crippen molar-refractivity contribution in [3.05, 3.63) is 69.3 Å². The first kappa shape index (κ1) is 19.8. The van der Waals surface area contributed by atoms with E-state index in [1.54, 1.807) is 20.1 Å². The van der Waals surface area contributed by atoms with E-state index in [0.29, 0.717) is 17.7 Å². The van der Waals surface area contributed by atoms with Crippen molar-refractivity contribution in [3.63, 3.8) is 0 Å². The molecule has 1 atom stereocenters. The van der Waals surface area contributed by atoms with E-state index in [-0.39, 0.29) is 17.6 Å². The van der Waals surface area contributed by atoms with Gasteiger partial charge in [-0.1, -0.05) is 18.2 Å². The number of carbonyl (C=O) groups is 1. The number of ether oxygens (including phenoxy) is 1. The molecule has 0 bridgehead atoms. The molecule has 1 unspecified atom stereocenters. The van der Waals surface area contributed by atoms with Gasteiger partial charge in [0.25, 0.3) is 11.6 Å². The van der Waals surface area contributed by atoms with Crippen molar-refractivity contribution < 1.29 is 14.5 Å². The third-order valence-corrected chi connectivity index (χ3v) is 5.19. The molecule has 1 aliphatic heterocycles. The molecule has 1 heterocycles. The number of hydrogen-bond donors (Lipinski definition) is 1. The summed E-state index contributed by atoms with van der Waals surface area (Å²) in [5.74, 6) is 0.567. The summed E-state index contributed by atoms with van der Waals surface area (Å²) in [5, 5.41) is 14.0. The number of hydrogen-bond acceptors (Lipinski definition) is 5. The summed E-state index contributed by atoms with van der Waals surface area (Å²) in [6, 6.07) is 12.3. The van der Waals surface area contributed by atoms with Gasteiger partial charge in [0.2, 0.25) is 0 Å². The van der Waals surface area contributed by atoms with E-state index in [2.05, 4.69) is 10.2 Å². The Balaban J connectivity index is 1.77. The molecular formula is C21H25N3O4. The zero-order valence-electron chi connectivity index (χ0n) is 16.2. The monoisotopic (exact) mass is 383 g/mol. The lowest BCUT2D eigenvalue weighted by molar-refractivity contribution is -0.385. The third-order valence-electron chi connectivity index (χ3n) is 5.19. The van der Waals surface area contributed by atoms with Gasteiger partial charge in [0.05, 0.1) is 18.1 Å². The smallest absolute Gasteiger partial charge is 0.272 e. The Morgan fingerprint density at radius 1 is 1.25 bits per heavy atom. The fourth-order valence-electron chi connectivity index (χ4n) is 3.72. The van der Waals surface area contributed by atoms with Crippen molar-refractivity contribution in [1.29, 1.82) is 0 Å². The van der Waals surface area contributed by atoms with Crippen molar-refractivity contribution in [2.75, 3.05) is 26.7 Å². The molecule has 2 aromatic carbocycles. The summed E-state index contributed by atoms with van der Waals surface area (Å²) < 4.78 is 5.53. The van der Waals surface area contributed by atoms with Crippen molar-refractivity contribution in [2.24, 2.45) is 0 Å². The van der Waals surface area contributed by atoms with Gasteiger partial charge in [-0.15, -0.1) is 0 Å². The zero-order chi connectivity index (χ0) is 20.1. The number of nitro benzene ring substituents is 1. The Morgan fingerprint density at radius 2 is 1.96 bits per heavy atom. The summed E-state index contributed by atoms with van der Waals surface area (Å²) in [6.07, 6.45) is 2.28. The third kappa shape index (κ3) is 4.31. The maximum absolute atomic E-state index is 12.7. The van der Waals surface area contributed by atoms with Gasteiger partial charge in [-0.3, -0.25) is 19.8 Å². The van der Waals surface area contributed by atoms with Gasteiger partial charge in [-0.2, -0.15) is 0 Å². The highest BCUT2D eigenvalue weighted by molar-refractivity contribution is 5.94. The predicted octanol–water partition coefficient (Wildman–Crippen LogP) is 3.48. The minimum atomic E-state index is -0.442. The summed E-state index contributed by atoms with van der Waals surface area (Å²) in [4.78, 5) is 25.5. The van der Waals surface area contributed by atoms with Crippen LogP contribution in [-0.2, 0) is 0 Å². The molecule has 3 rings (SSSR count). The second-order valence-corrected chi connectivity index (χ2v) is 6.97. The summed E-state index contributed by atoms with van der Waals surface area (Å²) in [6.45, 7) is 4.04. The van der Waals surface area contributed by atoms with E-state index in [9.17, 15) is 14.9 Å². The van der Waals surface area contributed by atoms with Gasteiger partial charge < -0.3 is 10.1 Å². The number of methoxy groups -OCH3 is 1. The largest absolute Gasteiger partial charge is 0.496 e. The van der Waals surface area contributed by atoms with Gasteiger partial charge in [-0.05, 0) is 51.1 Å². The topological polar surface area (TPSA) is 84.7 Å². The van der Waals surface area contributed by atoms with Crippen molar-refractivity contribution in [2.45, 2.75) is 25.8 Å². The van der Waals surface area contributed by atoms with Crippen LogP contribution in [0, 0.1) is 17.0 Å².